The maximum atomic E-state index is 12.5. The summed E-state index contributed by atoms with van der Waals surface area (Å²) in [7, 11) is 0. The molecule has 2 amide bonds. The van der Waals surface area contributed by atoms with Gasteiger partial charge in [0.15, 0.2) is 11.6 Å². The number of anilines is 1. The lowest BCUT2D eigenvalue weighted by molar-refractivity contribution is -0.118. The van der Waals surface area contributed by atoms with E-state index in [1.54, 1.807) is 42.5 Å². The van der Waals surface area contributed by atoms with Gasteiger partial charge in [-0.05, 0) is 12.1 Å². The molecule has 0 spiro atoms. The number of carbonyl (C=O) groups excluding carboxylic acids is 3. The predicted octanol–water partition coefficient (Wildman–Crippen LogP) is 1.63. The monoisotopic (exact) mass is 379 g/mol. The number of aliphatic hydroxyl groups excluding tert-OH is 1. The van der Waals surface area contributed by atoms with Gasteiger partial charge in [-0.2, -0.15) is 0 Å². The summed E-state index contributed by atoms with van der Waals surface area (Å²) in [5, 5.41) is 17.8. The molecular formula is C20H17N3O5. The number of nitrogens with zero attached hydrogens (tertiary/aromatic N) is 1. The molecule has 1 aromatic heterocycles. The predicted molar refractivity (Wildman–Crippen MR) is 99.8 cm³/mol. The van der Waals surface area contributed by atoms with Crippen molar-refractivity contribution in [3.05, 3.63) is 83.6 Å². The number of amides is 2. The van der Waals surface area contributed by atoms with Crippen LogP contribution in [0.15, 0.2) is 71.4 Å². The van der Waals surface area contributed by atoms with Crippen molar-refractivity contribution in [1.29, 1.82) is 0 Å². The van der Waals surface area contributed by atoms with Crippen LogP contribution in [0, 0.1) is 0 Å². The smallest absolute Gasteiger partial charge is 0.252 e. The molecule has 3 aromatic rings. The van der Waals surface area contributed by atoms with Crippen molar-refractivity contribution in [2.75, 3.05) is 11.9 Å². The van der Waals surface area contributed by atoms with E-state index in [1.807, 2.05) is 0 Å². The number of aliphatic hydroxyl groups is 1. The van der Waals surface area contributed by atoms with E-state index in [2.05, 4.69) is 20.3 Å². The Balaban J connectivity index is 1.71. The molecule has 0 saturated carbocycles. The van der Waals surface area contributed by atoms with Gasteiger partial charge in [-0.15, -0.1) is 0 Å². The van der Waals surface area contributed by atoms with E-state index < -0.39 is 24.5 Å². The summed E-state index contributed by atoms with van der Waals surface area (Å²) in [5.74, 6) is -1.32. The minimum atomic E-state index is -1.20. The van der Waals surface area contributed by atoms with Gasteiger partial charge < -0.3 is 20.3 Å². The molecule has 0 saturated heterocycles. The zero-order valence-corrected chi connectivity index (χ0v) is 14.7. The SMILES string of the molecule is O=C(N[C@@H](CO)C(=O)Nc1ccon1)c1cccc(C(=O)c2ccccc2)c1. The molecule has 3 N–H and O–H groups in total. The average molecular weight is 379 g/mol. The number of rotatable bonds is 7. The first-order valence-corrected chi connectivity index (χ1v) is 8.41. The highest BCUT2D eigenvalue weighted by Crippen LogP contribution is 2.12. The van der Waals surface area contributed by atoms with Crippen LogP contribution in [0.1, 0.15) is 26.3 Å². The Kier molecular flexibility index (Phi) is 5.93. The highest BCUT2D eigenvalue weighted by molar-refractivity contribution is 6.10. The Morgan fingerprint density at radius 2 is 1.68 bits per heavy atom. The molecule has 142 valence electrons. The van der Waals surface area contributed by atoms with Gasteiger partial charge in [0.2, 0.25) is 0 Å². The molecule has 0 unspecified atom stereocenters. The highest BCUT2D eigenvalue weighted by Gasteiger charge is 2.22. The molecule has 0 aliphatic rings. The van der Waals surface area contributed by atoms with Crippen LogP contribution in [-0.4, -0.2) is 40.5 Å². The summed E-state index contributed by atoms with van der Waals surface area (Å²) in [6.45, 7) is -0.613. The number of ketones is 1. The lowest BCUT2D eigenvalue weighted by Crippen LogP contribution is -2.46. The van der Waals surface area contributed by atoms with Crippen molar-refractivity contribution in [2.24, 2.45) is 0 Å². The fourth-order valence-corrected chi connectivity index (χ4v) is 2.48. The fourth-order valence-electron chi connectivity index (χ4n) is 2.48. The van der Waals surface area contributed by atoms with Gasteiger partial charge in [0, 0.05) is 22.8 Å². The van der Waals surface area contributed by atoms with Crippen LogP contribution in [0.25, 0.3) is 0 Å². The molecule has 0 aliphatic heterocycles. The number of nitrogens with one attached hydrogen (secondary N) is 2. The Morgan fingerprint density at radius 3 is 2.36 bits per heavy atom. The minimum Gasteiger partial charge on any atom is -0.394 e. The molecular weight excluding hydrogens is 362 g/mol. The van der Waals surface area contributed by atoms with Crippen molar-refractivity contribution >= 4 is 23.4 Å². The standard InChI is InChI=1S/C20H17N3O5/c24-12-16(20(27)22-17-9-10-28-23-17)21-19(26)15-8-4-7-14(11-15)18(25)13-5-2-1-3-6-13/h1-11,16,24H,12H2,(H,21,26)(H,22,23,27)/t16-/m0/s1. The Morgan fingerprint density at radius 1 is 0.964 bits per heavy atom. The van der Waals surface area contributed by atoms with Crippen LogP contribution in [0.2, 0.25) is 0 Å². The summed E-state index contributed by atoms with van der Waals surface area (Å²) < 4.78 is 4.60. The van der Waals surface area contributed by atoms with Gasteiger partial charge in [-0.25, -0.2) is 0 Å². The van der Waals surface area contributed by atoms with Crippen LogP contribution < -0.4 is 10.6 Å². The van der Waals surface area contributed by atoms with Crippen LogP contribution in [0.4, 0.5) is 5.82 Å². The molecule has 8 nitrogen and oxygen atoms in total. The van der Waals surface area contributed by atoms with Gasteiger partial charge in [0.25, 0.3) is 11.8 Å². The fraction of sp³-hybridized carbons (Fsp3) is 0.100. The minimum absolute atomic E-state index is 0.160. The second-order valence-electron chi connectivity index (χ2n) is 5.86. The summed E-state index contributed by atoms with van der Waals surface area (Å²) in [4.78, 5) is 37.2. The van der Waals surface area contributed by atoms with Crippen molar-refractivity contribution < 1.29 is 24.0 Å². The molecule has 0 radical (unpaired) electrons. The van der Waals surface area contributed by atoms with E-state index in [9.17, 15) is 19.5 Å². The first kappa shape index (κ1) is 19.0. The molecule has 0 fully saturated rings. The number of benzene rings is 2. The van der Waals surface area contributed by atoms with Crippen molar-refractivity contribution in [2.45, 2.75) is 6.04 Å². The second-order valence-corrected chi connectivity index (χ2v) is 5.86. The molecule has 8 heteroatoms. The van der Waals surface area contributed by atoms with Gasteiger partial charge >= 0.3 is 0 Å². The first-order valence-electron chi connectivity index (χ1n) is 8.41. The van der Waals surface area contributed by atoms with E-state index in [0.717, 1.165) is 0 Å². The maximum absolute atomic E-state index is 12.5. The van der Waals surface area contributed by atoms with Gasteiger partial charge in [-0.3, -0.25) is 14.4 Å². The molecule has 1 atom stereocenters. The summed E-state index contributed by atoms with van der Waals surface area (Å²) >= 11 is 0. The molecule has 3 rings (SSSR count). The lowest BCUT2D eigenvalue weighted by atomic mass is 10.0. The molecule has 2 aromatic carbocycles. The summed E-state index contributed by atoms with van der Waals surface area (Å²) in [5.41, 5.74) is 1.03. The molecule has 1 heterocycles. The zero-order valence-electron chi connectivity index (χ0n) is 14.7. The second kappa shape index (κ2) is 8.74. The van der Waals surface area contributed by atoms with Crippen molar-refractivity contribution in [3.8, 4) is 0 Å². The van der Waals surface area contributed by atoms with E-state index in [-0.39, 0.29) is 17.2 Å². The Labute approximate surface area is 160 Å². The van der Waals surface area contributed by atoms with Crippen LogP contribution in [-0.2, 0) is 4.79 Å². The molecule has 28 heavy (non-hydrogen) atoms. The third kappa shape index (κ3) is 4.49. The van der Waals surface area contributed by atoms with Gasteiger partial charge in [0.1, 0.15) is 12.3 Å². The van der Waals surface area contributed by atoms with E-state index in [0.29, 0.717) is 11.1 Å². The quantitative estimate of drug-likeness (QED) is 0.537. The lowest BCUT2D eigenvalue weighted by Gasteiger charge is -2.15. The molecule has 0 aliphatic carbocycles. The third-order valence-electron chi connectivity index (χ3n) is 3.92. The summed E-state index contributed by atoms with van der Waals surface area (Å²) in [6, 6.07) is 15.0. The molecule has 0 bridgehead atoms. The average Bonchev–Trinajstić information content (AvgIpc) is 3.25. The van der Waals surface area contributed by atoms with E-state index in [1.165, 1.54) is 24.5 Å². The largest absolute Gasteiger partial charge is 0.394 e. The van der Waals surface area contributed by atoms with Crippen molar-refractivity contribution in [3.63, 3.8) is 0 Å². The van der Waals surface area contributed by atoms with E-state index in [4.69, 9.17) is 0 Å². The zero-order chi connectivity index (χ0) is 19.9. The topological polar surface area (TPSA) is 122 Å². The van der Waals surface area contributed by atoms with Crippen LogP contribution in [0.3, 0.4) is 0 Å². The van der Waals surface area contributed by atoms with Gasteiger partial charge in [-0.1, -0.05) is 47.6 Å². The number of aromatic nitrogens is 1. The first-order chi connectivity index (χ1) is 13.6. The summed E-state index contributed by atoms with van der Waals surface area (Å²) in [6.07, 6.45) is 1.28. The number of carbonyl (C=O) groups is 3. The normalized spacial score (nSPS) is 11.5. The third-order valence-corrected chi connectivity index (χ3v) is 3.92. The van der Waals surface area contributed by atoms with Crippen molar-refractivity contribution in [1.82, 2.24) is 10.5 Å². The Hall–Kier alpha value is -3.78. The highest BCUT2D eigenvalue weighted by atomic mass is 16.5. The van der Waals surface area contributed by atoms with Gasteiger partial charge in [0.05, 0.1) is 6.61 Å². The van der Waals surface area contributed by atoms with Crippen LogP contribution >= 0.6 is 0 Å². The number of hydrogen-bond donors (Lipinski definition) is 3. The number of hydrogen-bond acceptors (Lipinski definition) is 6. The Bertz CT molecular complexity index is 971. The maximum Gasteiger partial charge on any atom is 0.252 e. The van der Waals surface area contributed by atoms with Crippen LogP contribution in [0.5, 0.6) is 0 Å². The van der Waals surface area contributed by atoms with E-state index >= 15 is 0 Å².